The summed E-state index contributed by atoms with van der Waals surface area (Å²) in [7, 11) is 0. The average molecular weight is 293 g/mol. The van der Waals surface area contributed by atoms with Crippen molar-refractivity contribution in [3.05, 3.63) is 30.3 Å². The highest BCUT2D eigenvalue weighted by Gasteiger charge is 2.31. The molecule has 0 aliphatic carbocycles. The molecule has 2 heterocycles. The molecule has 100 valence electrons. The number of benzene rings is 1. The van der Waals surface area contributed by atoms with Crippen LogP contribution in [0.15, 0.2) is 30.3 Å². The van der Waals surface area contributed by atoms with Gasteiger partial charge >= 0.3 is 0 Å². The van der Waals surface area contributed by atoms with Crippen LogP contribution >= 0.6 is 23.3 Å². The molecule has 0 unspecified atom stereocenters. The average Bonchev–Trinajstić information content (AvgIpc) is 3.07. The van der Waals surface area contributed by atoms with Gasteiger partial charge in [0.2, 0.25) is 5.13 Å². The Morgan fingerprint density at radius 2 is 2.16 bits per heavy atom. The summed E-state index contributed by atoms with van der Waals surface area (Å²) in [5.74, 6) is 2.56. The molecular weight excluding hydrogens is 278 g/mol. The molecule has 0 saturated carbocycles. The van der Waals surface area contributed by atoms with E-state index in [9.17, 15) is 5.11 Å². The molecule has 1 aromatic heterocycles. The fourth-order valence-electron chi connectivity index (χ4n) is 1.98. The molecule has 0 bridgehead atoms. The third-order valence-corrected chi connectivity index (χ3v) is 5.02. The Morgan fingerprint density at radius 3 is 2.89 bits per heavy atom. The van der Waals surface area contributed by atoms with Crippen LogP contribution in [0.1, 0.15) is 6.42 Å². The zero-order chi connectivity index (χ0) is 13.1. The molecule has 1 aliphatic heterocycles. The van der Waals surface area contributed by atoms with Crippen LogP contribution in [0.25, 0.3) is 11.4 Å². The van der Waals surface area contributed by atoms with Crippen molar-refractivity contribution in [2.75, 3.05) is 23.4 Å². The number of hydrogen-bond acceptors (Lipinski definition) is 6. The number of nitrogens with zero attached hydrogens (tertiary/aromatic N) is 2. The van der Waals surface area contributed by atoms with Crippen molar-refractivity contribution in [1.82, 2.24) is 9.36 Å². The maximum atomic E-state index is 10.2. The van der Waals surface area contributed by atoms with E-state index in [0.717, 1.165) is 34.4 Å². The van der Waals surface area contributed by atoms with E-state index in [-0.39, 0.29) is 0 Å². The largest absolute Gasteiger partial charge is 0.387 e. The second-order valence-electron chi connectivity index (χ2n) is 4.67. The molecule has 4 nitrogen and oxygen atoms in total. The van der Waals surface area contributed by atoms with Crippen molar-refractivity contribution in [3.63, 3.8) is 0 Å². The van der Waals surface area contributed by atoms with Crippen molar-refractivity contribution >= 4 is 28.4 Å². The van der Waals surface area contributed by atoms with Gasteiger partial charge in [0.25, 0.3) is 0 Å². The van der Waals surface area contributed by atoms with Gasteiger partial charge in [0.15, 0.2) is 5.82 Å². The summed E-state index contributed by atoms with van der Waals surface area (Å²) >= 11 is 3.13. The van der Waals surface area contributed by atoms with Crippen LogP contribution in [0.3, 0.4) is 0 Å². The number of hydrogen-bond donors (Lipinski definition) is 2. The predicted octanol–water partition coefficient (Wildman–Crippen LogP) is 2.49. The van der Waals surface area contributed by atoms with Crippen LogP contribution in [-0.2, 0) is 0 Å². The van der Waals surface area contributed by atoms with Crippen LogP contribution in [-0.4, -0.2) is 38.1 Å². The van der Waals surface area contributed by atoms with E-state index >= 15 is 0 Å². The van der Waals surface area contributed by atoms with Gasteiger partial charge in [-0.3, -0.25) is 0 Å². The Balaban J connectivity index is 1.65. The number of nitrogens with one attached hydrogen (secondary N) is 1. The Kier molecular flexibility index (Phi) is 3.72. The van der Waals surface area contributed by atoms with Crippen LogP contribution in [0, 0.1) is 0 Å². The molecule has 6 heteroatoms. The topological polar surface area (TPSA) is 58.0 Å². The first-order valence-corrected chi connectivity index (χ1v) is 8.11. The molecule has 1 fully saturated rings. The normalized spacial score (nSPS) is 22.6. The summed E-state index contributed by atoms with van der Waals surface area (Å²) in [5.41, 5.74) is 0.422. The van der Waals surface area contributed by atoms with E-state index in [1.165, 1.54) is 11.5 Å². The van der Waals surface area contributed by atoms with Crippen LogP contribution in [0.5, 0.6) is 0 Å². The lowest BCUT2D eigenvalue weighted by Crippen LogP contribution is -2.36. The van der Waals surface area contributed by atoms with Crippen LogP contribution < -0.4 is 5.32 Å². The van der Waals surface area contributed by atoms with Gasteiger partial charge in [-0.15, -0.1) is 0 Å². The molecule has 19 heavy (non-hydrogen) atoms. The quantitative estimate of drug-likeness (QED) is 0.907. The lowest BCUT2D eigenvalue weighted by atomic mass is 10.0. The molecule has 2 N–H and O–H groups in total. The monoisotopic (exact) mass is 293 g/mol. The van der Waals surface area contributed by atoms with Crippen molar-refractivity contribution < 1.29 is 5.11 Å². The highest BCUT2D eigenvalue weighted by molar-refractivity contribution is 7.99. The summed E-state index contributed by atoms with van der Waals surface area (Å²) in [6, 6.07) is 9.91. The second-order valence-corrected chi connectivity index (χ2v) is 6.53. The standard InChI is InChI=1S/C13H15N3OS2/c17-13(6-7-18-9-13)8-14-12-15-11(16-19-12)10-4-2-1-3-5-10/h1-5,17H,6-9H2,(H,14,15,16)/t13-/m1/s1. The summed E-state index contributed by atoms with van der Waals surface area (Å²) in [5, 5.41) is 14.2. The van der Waals surface area contributed by atoms with Gasteiger partial charge in [-0.25, -0.2) is 0 Å². The maximum Gasteiger partial charge on any atom is 0.202 e. The predicted molar refractivity (Wildman–Crippen MR) is 80.7 cm³/mol. The number of aliphatic hydroxyl groups is 1. The van der Waals surface area contributed by atoms with Gasteiger partial charge in [0, 0.05) is 29.4 Å². The van der Waals surface area contributed by atoms with Crippen molar-refractivity contribution in [2.24, 2.45) is 0 Å². The fraction of sp³-hybridized carbons (Fsp3) is 0.385. The van der Waals surface area contributed by atoms with Crippen LogP contribution in [0.4, 0.5) is 5.13 Å². The molecular formula is C13H15N3OS2. The van der Waals surface area contributed by atoms with E-state index in [0.29, 0.717) is 6.54 Å². The third kappa shape index (κ3) is 3.08. The van der Waals surface area contributed by atoms with Gasteiger partial charge in [-0.05, 0) is 12.2 Å². The first-order chi connectivity index (χ1) is 9.25. The molecule has 1 aliphatic rings. The van der Waals surface area contributed by atoms with Crippen LogP contribution in [0.2, 0.25) is 0 Å². The Labute approximate surface area is 120 Å². The Hall–Kier alpha value is -1.11. The molecule has 0 spiro atoms. The Morgan fingerprint density at radius 1 is 1.32 bits per heavy atom. The molecule has 1 atom stereocenters. The van der Waals surface area contributed by atoms with Gasteiger partial charge in [-0.2, -0.15) is 21.1 Å². The van der Waals surface area contributed by atoms with Gasteiger partial charge < -0.3 is 10.4 Å². The van der Waals surface area contributed by atoms with Gasteiger partial charge in [0.1, 0.15) is 0 Å². The van der Waals surface area contributed by atoms with E-state index in [1.54, 1.807) is 11.8 Å². The minimum atomic E-state index is -0.594. The molecule has 0 amide bonds. The van der Waals surface area contributed by atoms with E-state index in [4.69, 9.17) is 0 Å². The van der Waals surface area contributed by atoms with Crippen molar-refractivity contribution in [3.8, 4) is 11.4 Å². The number of anilines is 1. The number of aromatic nitrogens is 2. The lowest BCUT2D eigenvalue weighted by molar-refractivity contribution is 0.0820. The summed E-state index contributed by atoms with van der Waals surface area (Å²) in [6.07, 6.45) is 0.842. The zero-order valence-electron chi connectivity index (χ0n) is 10.4. The second kappa shape index (κ2) is 5.48. The minimum absolute atomic E-state index is 0.545. The smallest absolute Gasteiger partial charge is 0.202 e. The molecule has 1 aromatic carbocycles. The highest BCUT2D eigenvalue weighted by Crippen LogP contribution is 2.28. The van der Waals surface area contributed by atoms with E-state index in [2.05, 4.69) is 14.7 Å². The van der Waals surface area contributed by atoms with Gasteiger partial charge in [0.05, 0.1) is 5.60 Å². The maximum absolute atomic E-state index is 10.2. The Bertz CT molecular complexity index is 538. The SMILES string of the molecule is O[C@@]1(CNc2nc(-c3ccccc3)ns2)CCSC1. The van der Waals surface area contributed by atoms with Gasteiger partial charge in [-0.1, -0.05) is 30.3 Å². The zero-order valence-corrected chi connectivity index (χ0v) is 12.0. The summed E-state index contributed by atoms with van der Waals surface area (Å²) in [4.78, 5) is 4.45. The van der Waals surface area contributed by atoms with E-state index in [1.807, 2.05) is 30.3 Å². The number of thioether (sulfide) groups is 1. The molecule has 0 radical (unpaired) electrons. The summed E-state index contributed by atoms with van der Waals surface area (Å²) < 4.78 is 4.34. The molecule has 1 saturated heterocycles. The number of rotatable bonds is 4. The third-order valence-electron chi connectivity index (χ3n) is 3.11. The van der Waals surface area contributed by atoms with Crippen molar-refractivity contribution in [1.29, 1.82) is 0 Å². The molecule has 2 aromatic rings. The fourth-order valence-corrected chi connectivity index (χ4v) is 3.85. The first kappa shape index (κ1) is 12.9. The highest BCUT2D eigenvalue weighted by atomic mass is 32.2. The minimum Gasteiger partial charge on any atom is -0.387 e. The first-order valence-electron chi connectivity index (χ1n) is 6.18. The van der Waals surface area contributed by atoms with E-state index < -0.39 is 5.60 Å². The molecule has 3 rings (SSSR count). The summed E-state index contributed by atoms with van der Waals surface area (Å²) in [6.45, 7) is 0.545. The van der Waals surface area contributed by atoms with Crippen molar-refractivity contribution in [2.45, 2.75) is 12.0 Å². The lowest BCUT2D eigenvalue weighted by Gasteiger charge is -2.20.